The van der Waals surface area contributed by atoms with Crippen molar-refractivity contribution in [3.63, 3.8) is 0 Å². The van der Waals surface area contributed by atoms with E-state index in [1.807, 2.05) is 0 Å². The number of unbranched alkanes of at least 4 members (excludes halogenated alkanes) is 4. The fraction of sp³-hybridized carbons (Fsp3) is 1.00. The molecule has 0 rings (SSSR count). The fourth-order valence-electron chi connectivity index (χ4n) is 2.04. The minimum absolute atomic E-state index is 0.775. The van der Waals surface area contributed by atoms with Gasteiger partial charge in [0.2, 0.25) is 0 Å². The van der Waals surface area contributed by atoms with Gasteiger partial charge in [0.15, 0.2) is 0 Å². The molecule has 0 fully saturated rings. The van der Waals surface area contributed by atoms with E-state index in [2.05, 4.69) is 20.8 Å². The first-order chi connectivity index (χ1) is 6.70. The SMILES string of the molecule is CCCCCCCC(CN)CC(C)C. The summed E-state index contributed by atoms with van der Waals surface area (Å²) in [4.78, 5) is 0. The molecule has 0 radical (unpaired) electrons. The number of hydrogen-bond acceptors (Lipinski definition) is 1. The van der Waals surface area contributed by atoms with Crippen LogP contribution in [0.5, 0.6) is 0 Å². The highest BCUT2D eigenvalue weighted by molar-refractivity contribution is 4.62. The molecule has 0 bridgehead atoms. The Kier molecular flexibility index (Phi) is 9.49. The molecular formula is C13H29N. The molecule has 86 valence electrons. The molecule has 0 aromatic rings. The number of nitrogens with two attached hydrogens (primary N) is 1. The van der Waals surface area contributed by atoms with E-state index in [0.717, 1.165) is 18.4 Å². The largest absolute Gasteiger partial charge is 0.330 e. The Morgan fingerprint density at radius 1 is 1.00 bits per heavy atom. The van der Waals surface area contributed by atoms with Crippen LogP contribution >= 0.6 is 0 Å². The Bertz CT molecular complexity index is 110. The lowest BCUT2D eigenvalue weighted by Crippen LogP contribution is -2.16. The Morgan fingerprint density at radius 2 is 1.64 bits per heavy atom. The predicted molar refractivity (Wildman–Crippen MR) is 65.4 cm³/mol. The standard InChI is InChI=1S/C13H29N/c1-4-5-6-7-8-9-13(11-14)10-12(2)3/h12-13H,4-11,14H2,1-3H3. The van der Waals surface area contributed by atoms with Crippen molar-refractivity contribution in [3.8, 4) is 0 Å². The second-order valence-electron chi connectivity index (χ2n) is 4.93. The molecule has 1 unspecified atom stereocenters. The van der Waals surface area contributed by atoms with E-state index in [4.69, 9.17) is 5.73 Å². The van der Waals surface area contributed by atoms with Crippen molar-refractivity contribution >= 4 is 0 Å². The average molecular weight is 199 g/mol. The van der Waals surface area contributed by atoms with Crippen LogP contribution in [0.4, 0.5) is 0 Å². The minimum Gasteiger partial charge on any atom is -0.330 e. The van der Waals surface area contributed by atoms with Gasteiger partial charge in [-0.05, 0) is 31.2 Å². The summed E-state index contributed by atoms with van der Waals surface area (Å²) >= 11 is 0. The Balaban J connectivity index is 3.33. The molecule has 0 heterocycles. The zero-order valence-electron chi connectivity index (χ0n) is 10.4. The van der Waals surface area contributed by atoms with Crippen molar-refractivity contribution in [2.24, 2.45) is 17.6 Å². The lowest BCUT2D eigenvalue weighted by atomic mass is 9.92. The summed E-state index contributed by atoms with van der Waals surface area (Å²) in [5.41, 5.74) is 5.76. The van der Waals surface area contributed by atoms with Gasteiger partial charge in [0.05, 0.1) is 0 Å². The average Bonchev–Trinajstić information content (AvgIpc) is 2.15. The molecule has 1 heteroatoms. The quantitative estimate of drug-likeness (QED) is 0.559. The molecule has 0 aliphatic heterocycles. The second kappa shape index (κ2) is 9.51. The molecule has 1 atom stereocenters. The lowest BCUT2D eigenvalue weighted by molar-refractivity contribution is 0.378. The lowest BCUT2D eigenvalue weighted by Gasteiger charge is -2.16. The van der Waals surface area contributed by atoms with Gasteiger partial charge in [-0.2, -0.15) is 0 Å². The summed E-state index contributed by atoms with van der Waals surface area (Å²) in [6.45, 7) is 7.73. The van der Waals surface area contributed by atoms with Crippen molar-refractivity contribution < 1.29 is 0 Å². The Labute approximate surface area is 90.5 Å². The van der Waals surface area contributed by atoms with Gasteiger partial charge >= 0.3 is 0 Å². The molecule has 0 saturated carbocycles. The zero-order valence-corrected chi connectivity index (χ0v) is 10.4. The summed E-state index contributed by atoms with van der Waals surface area (Å²) in [7, 11) is 0. The molecule has 0 amide bonds. The van der Waals surface area contributed by atoms with Gasteiger partial charge in [-0.1, -0.05) is 52.9 Å². The van der Waals surface area contributed by atoms with Crippen LogP contribution < -0.4 is 5.73 Å². The molecule has 0 saturated heterocycles. The Morgan fingerprint density at radius 3 is 2.14 bits per heavy atom. The van der Waals surface area contributed by atoms with E-state index in [-0.39, 0.29) is 0 Å². The van der Waals surface area contributed by atoms with Crippen LogP contribution in [0.2, 0.25) is 0 Å². The van der Waals surface area contributed by atoms with E-state index in [0.29, 0.717) is 0 Å². The third-order valence-corrected chi connectivity index (χ3v) is 2.85. The van der Waals surface area contributed by atoms with Gasteiger partial charge in [-0.15, -0.1) is 0 Å². The molecule has 0 aliphatic carbocycles. The topological polar surface area (TPSA) is 26.0 Å². The van der Waals surface area contributed by atoms with E-state index in [1.165, 1.54) is 44.9 Å². The molecule has 0 spiro atoms. The molecule has 1 nitrogen and oxygen atoms in total. The Hall–Kier alpha value is -0.0400. The smallest absolute Gasteiger partial charge is 0.00488 e. The van der Waals surface area contributed by atoms with Crippen molar-refractivity contribution in [3.05, 3.63) is 0 Å². The second-order valence-corrected chi connectivity index (χ2v) is 4.93. The molecule has 0 aromatic carbocycles. The summed E-state index contributed by atoms with van der Waals surface area (Å²) in [5.74, 6) is 1.58. The van der Waals surface area contributed by atoms with Crippen molar-refractivity contribution in [2.75, 3.05) is 6.54 Å². The van der Waals surface area contributed by atoms with Gasteiger partial charge in [0.25, 0.3) is 0 Å². The van der Waals surface area contributed by atoms with Crippen LogP contribution in [-0.2, 0) is 0 Å². The van der Waals surface area contributed by atoms with Crippen molar-refractivity contribution in [1.82, 2.24) is 0 Å². The first-order valence-corrected chi connectivity index (χ1v) is 6.40. The molecule has 0 aliphatic rings. The highest BCUT2D eigenvalue weighted by Crippen LogP contribution is 2.18. The van der Waals surface area contributed by atoms with Gasteiger partial charge in [-0.25, -0.2) is 0 Å². The summed E-state index contributed by atoms with van der Waals surface area (Å²) in [6, 6.07) is 0. The van der Waals surface area contributed by atoms with Crippen LogP contribution in [-0.4, -0.2) is 6.54 Å². The van der Waals surface area contributed by atoms with Gasteiger partial charge in [0, 0.05) is 0 Å². The molecular weight excluding hydrogens is 170 g/mol. The maximum absolute atomic E-state index is 5.76. The van der Waals surface area contributed by atoms with E-state index in [1.54, 1.807) is 0 Å². The van der Waals surface area contributed by atoms with E-state index < -0.39 is 0 Å². The highest BCUT2D eigenvalue weighted by atomic mass is 14.5. The first kappa shape index (κ1) is 14.0. The molecule has 14 heavy (non-hydrogen) atoms. The third kappa shape index (κ3) is 8.55. The normalized spacial score (nSPS) is 13.5. The van der Waals surface area contributed by atoms with Crippen LogP contribution in [0.25, 0.3) is 0 Å². The minimum atomic E-state index is 0.775. The van der Waals surface area contributed by atoms with Crippen LogP contribution in [0, 0.1) is 11.8 Å². The summed E-state index contributed by atoms with van der Waals surface area (Å²) in [5, 5.41) is 0. The van der Waals surface area contributed by atoms with Crippen molar-refractivity contribution in [1.29, 1.82) is 0 Å². The summed E-state index contributed by atoms with van der Waals surface area (Å²) in [6.07, 6.45) is 9.60. The molecule has 2 N–H and O–H groups in total. The van der Waals surface area contributed by atoms with Crippen molar-refractivity contribution in [2.45, 2.75) is 65.7 Å². The fourth-order valence-corrected chi connectivity index (χ4v) is 2.04. The zero-order chi connectivity index (χ0) is 10.8. The first-order valence-electron chi connectivity index (χ1n) is 6.40. The third-order valence-electron chi connectivity index (χ3n) is 2.85. The van der Waals surface area contributed by atoms with E-state index in [9.17, 15) is 0 Å². The van der Waals surface area contributed by atoms with Crippen LogP contribution in [0.1, 0.15) is 65.7 Å². The number of hydrogen-bond donors (Lipinski definition) is 1. The monoisotopic (exact) mass is 199 g/mol. The molecule has 0 aromatic heterocycles. The highest BCUT2D eigenvalue weighted by Gasteiger charge is 2.08. The number of rotatable bonds is 9. The predicted octanol–water partition coefficient (Wildman–Crippen LogP) is 3.97. The summed E-state index contributed by atoms with van der Waals surface area (Å²) < 4.78 is 0. The van der Waals surface area contributed by atoms with Gasteiger partial charge in [-0.3, -0.25) is 0 Å². The van der Waals surface area contributed by atoms with E-state index >= 15 is 0 Å². The van der Waals surface area contributed by atoms with Gasteiger partial charge in [0.1, 0.15) is 0 Å². The van der Waals surface area contributed by atoms with Crippen LogP contribution in [0.3, 0.4) is 0 Å². The van der Waals surface area contributed by atoms with Crippen LogP contribution in [0.15, 0.2) is 0 Å². The maximum Gasteiger partial charge on any atom is -0.00488 e. The maximum atomic E-state index is 5.76. The van der Waals surface area contributed by atoms with Gasteiger partial charge < -0.3 is 5.73 Å².